The van der Waals surface area contributed by atoms with E-state index in [-0.39, 0.29) is 23.6 Å². The Hall–Kier alpha value is -3.35. The van der Waals surface area contributed by atoms with Gasteiger partial charge >= 0.3 is 5.97 Å². The molecule has 0 saturated carbocycles. The molecule has 1 N–H and O–H groups in total. The number of carboxylic acid groups (broad SMARTS) is 1. The Morgan fingerprint density at radius 3 is 2.70 bits per heavy atom. The van der Waals surface area contributed by atoms with E-state index in [1.54, 1.807) is 24.3 Å². The maximum Gasteiger partial charge on any atom is 0.336 e. The van der Waals surface area contributed by atoms with Crippen molar-refractivity contribution in [2.75, 3.05) is 6.79 Å². The largest absolute Gasteiger partial charge is 0.478 e. The number of fused-ring (bicyclic) bond motifs is 1. The maximum absolute atomic E-state index is 11.3. The van der Waals surface area contributed by atoms with Gasteiger partial charge in [0.05, 0.1) is 16.1 Å². The van der Waals surface area contributed by atoms with Crippen LogP contribution in [0.3, 0.4) is 0 Å². The van der Waals surface area contributed by atoms with E-state index in [9.17, 15) is 20.0 Å². The maximum atomic E-state index is 11.3. The van der Waals surface area contributed by atoms with Crippen LogP contribution in [0.1, 0.15) is 21.5 Å². The Labute approximate surface area is 130 Å². The summed E-state index contributed by atoms with van der Waals surface area (Å²) in [5.41, 5.74) is 0.365. The van der Waals surface area contributed by atoms with Crippen LogP contribution in [0.2, 0.25) is 0 Å². The lowest BCUT2D eigenvalue weighted by Gasteiger charge is -2.03. The number of hydrogen-bond donors (Lipinski definition) is 1. The number of ether oxygens (including phenoxy) is 2. The van der Waals surface area contributed by atoms with Gasteiger partial charge in [0, 0.05) is 6.07 Å². The molecule has 23 heavy (non-hydrogen) atoms. The molecule has 1 aliphatic rings. The van der Waals surface area contributed by atoms with Crippen molar-refractivity contribution in [3.63, 3.8) is 0 Å². The summed E-state index contributed by atoms with van der Waals surface area (Å²) in [4.78, 5) is 21.8. The lowest BCUT2D eigenvalue weighted by atomic mass is 10.0. The highest BCUT2D eigenvalue weighted by Crippen LogP contribution is 2.33. The van der Waals surface area contributed by atoms with Crippen molar-refractivity contribution in [3.8, 4) is 11.5 Å². The van der Waals surface area contributed by atoms with Gasteiger partial charge in [0.15, 0.2) is 11.5 Å². The Bertz CT molecular complexity index is 795. The molecule has 1 aliphatic heterocycles. The van der Waals surface area contributed by atoms with Crippen LogP contribution >= 0.6 is 0 Å². The molecular weight excluding hydrogens is 302 g/mol. The van der Waals surface area contributed by atoms with Gasteiger partial charge in [-0.05, 0) is 29.8 Å². The molecule has 0 fully saturated rings. The third-order valence-corrected chi connectivity index (χ3v) is 3.35. The molecule has 2 aromatic carbocycles. The average molecular weight is 313 g/mol. The lowest BCUT2D eigenvalue weighted by molar-refractivity contribution is -0.385. The molecule has 0 saturated heterocycles. The molecule has 0 radical (unpaired) electrons. The summed E-state index contributed by atoms with van der Waals surface area (Å²) >= 11 is 0. The van der Waals surface area contributed by atoms with E-state index >= 15 is 0 Å². The molecule has 1 heterocycles. The molecule has 3 rings (SSSR count). The van der Waals surface area contributed by atoms with Gasteiger partial charge in [0.1, 0.15) is 0 Å². The zero-order valence-electron chi connectivity index (χ0n) is 11.8. The summed E-state index contributed by atoms with van der Waals surface area (Å²) in [6.45, 7) is 0.149. The highest BCUT2D eigenvalue weighted by atomic mass is 16.7. The minimum atomic E-state index is -1.22. The van der Waals surface area contributed by atoms with E-state index in [2.05, 4.69) is 0 Å². The van der Waals surface area contributed by atoms with Crippen molar-refractivity contribution < 1.29 is 24.3 Å². The highest BCUT2D eigenvalue weighted by Gasteiger charge is 2.19. The van der Waals surface area contributed by atoms with Crippen LogP contribution in [-0.2, 0) is 0 Å². The van der Waals surface area contributed by atoms with E-state index in [0.29, 0.717) is 17.1 Å². The van der Waals surface area contributed by atoms with Gasteiger partial charge in [0.2, 0.25) is 6.79 Å². The van der Waals surface area contributed by atoms with Crippen LogP contribution in [0.4, 0.5) is 5.69 Å². The van der Waals surface area contributed by atoms with Crippen LogP contribution in [0.5, 0.6) is 11.5 Å². The molecule has 7 nitrogen and oxygen atoms in total. The van der Waals surface area contributed by atoms with Crippen molar-refractivity contribution in [1.29, 1.82) is 0 Å². The van der Waals surface area contributed by atoms with Gasteiger partial charge in [-0.3, -0.25) is 10.1 Å². The zero-order chi connectivity index (χ0) is 16.4. The molecule has 7 heteroatoms. The molecule has 0 atom stereocenters. The monoisotopic (exact) mass is 313 g/mol. The summed E-state index contributed by atoms with van der Waals surface area (Å²) < 4.78 is 10.5. The van der Waals surface area contributed by atoms with Gasteiger partial charge in [-0.15, -0.1) is 0 Å². The summed E-state index contributed by atoms with van der Waals surface area (Å²) in [6.07, 6.45) is 3.01. The zero-order valence-corrected chi connectivity index (χ0v) is 11.8. The van der Waals surface area contributed by atoms with Crippen molar-refractivity contribution >= 4 is 23.8 Å². The first kappa shape index (κ1) is 14.6. The van der Waals surface area contributed by atoms with Crippen molar-refractivity contribution in [1.82, 2.24) is 0 Å². The summed E-state index contributed by atoms with van der Waals surface area (Å²) in [5.74, 6) is -0.0220. The quantitative estimate of drug-likeness (QED) is 0.528. The smallest absolute Gasteiger partial charge is 0.336 e. The molecule has 0 amide bonds. The molecule has 0 aliphatic carbocycles. The first-order valence-electron chi connectivity index (χ1n) is 6.64. The number of aromatic carboxylic acids is 1. The number of nitro groups is 1. The van der Waals surface area contributed by atoms with Gasteiger partial charge < -0.3 is 14.6 Å². The van der Waals surface area contributed by atoms with E-state index in [1.165, 1.54) is 24.3 Å². The molecule has 116 valence electrons. The lowest BCUT2D eigenvalue weighted by Crippen LogP contribution is -2.02. The fourth-order valence-corrected chi connectivity index (χ4v) is 2.27. The van der Waals surface area contributed by atoms with Crippen LogP contribution in [0.25, 0.3) is 12.2 Å². The van der Waals surface area contributed by atoms with E-state index < -0.39 is 10.9 Å². The number of carbonyl (C=O) groups is 1. The summed E-state index contributed by atoms with van der Waals surface area (Å²) in [6, 6.07) is 9.13. The Kier molecular flexibility index (Phi) is 3.68. The van der Waals surface area contributed by atoms with Crippen molar-refractivity contribution in [3.05, 3.63) is 63.2 Å². The number of carboxylic acids is 1. The second-order valence-corrected chi connectivity index (χ2v) is 4.75. The van der Waals surface area contributed by atoms with Gasteiger partial charge in [-0.2, -0.15) is 0 Å². The predicted octanol–water partition coefficient (Wildman–Crippen LogP) is 3.19. The minimum Gasteiger partial charge on any atom is -0.478 e. The Balaban J connectivity index is 2.01. The van der Waals surface area contributed by atoms with Gasteiger partial charge in [-0.25, -0.2) is 4.79 Å². The van der Waals surface area contributed by atoms with Crippen LogP contribution < -0.4 is 9.47 Å². The Morgan fingerprint density at radius 2 is 1.96 bits per heavy atom. The summed E-state index contributed by atoms with van der Waals surface area (Å²) in [7, 11) is 0. The number of benzene rings is 2. The summed E-state index contributed by atoms with van der Waals surface area (Å²) in [5, 5.41) is 20.3. The fourth-order valence-electron chi connectivity index (χ4n) is 2.27. The van der Waals surface area contributed by atoms with E-state index in [1.807, 2.05) is 0 Å². The fraction of sp³-hybridized carbons (Fsp3) is 0.0625. The Morgan fingerprint density at radius 1 is 1.17 bits per heavy atom. The molecule has 0 aromatic heterocycles. The second-order valence-electron chi connectivity index (χ2n) is 4.75. The molecule has 0 bridgehead atoms. The van der Waals surface area contributed by atoms with Crippen molar-refractivity contribution in [2.45, 2.75) is 0 Å². The van der Waals surface area contributed by atoms with Gasteiger partial charge in [0.25, 0.3) is 5.69 Å². The molecule has 0 unspecified atom stereocenters. The second kappa shape index (κ2) is 5.80. The van der Waals surface area contributed by atoms with Crippen molar-refractivity contribution in [2.24, 2.45) is 0 Å². The first-order valence-corrected chi connectivity index (χ1v) is 6.64. The third-order valence-electron chi connectivity index (χ3n) is 3.35. The van der Waals surface area contributed by atoms with Gasteiger partial charge in [-0.1, -0.05) is 18.2 Å². The minimum absolute atomic E-state index is 0.0441. The highest BCUT2D eigenvalue weighted by molar-refractivity contribution is 5.95. The standard InChI is InChI=1S/C16H11NO6/c18-16(19)12-2-1-3-13(17(20)21)11(12)6-4-10-5-7-14-15(8-10)23-9-22-14/h1-8H,9H2,(H,18,19)/b6-4+. The molecule has 2 aromatic rings. The van der Waals surface area contributed by atoms with E-state index in [0.717, 1.165) is 0 Å². The number of nitro benzene ring substituents is 1. The molecule has 0 spiro atoms. The topological polar surface area (TPSA) is 98.9 Å². The number of nitrogens with zero attached hydrogens (tertiary/aromatic N) is 1. The number of rotatable bonds is 4. The van der Waals surface area contributed by atoms with E-state index in [4.69, 9.17) is 9.47 Å². The predicted molar refractivity (Wildman–Crippen MR) is 81.5 cm³/mol. The van der Waals surface area contributed by atoms with Crippen LogP contribution in [0.15, 0.2) is 36.4 Å². The van der Waals surface area contributed by atoms with Crippen LogP contribution in [-0.4, -0.2) is 22.8 Å². The number of hydrogen-bond acceptors (Lipinski definition) is 5. The van der Waals surface area contributed by atoms with Crippen LogP contribution in [0, 0.1) is 10.1 Å². The average Bonchev–Trinajstić information content (AvgIpc) is 2.99. The third kappa shape index (κ3) is 2.84. The SMILES string of the molecule is O=C(O)c1cccc([N+](=O)[O-])c1/C=C/c1ccc2c(c1)OCO2. The first-order chi connectivity index (χ1) is 11.1. The normalized spacial score (nSPS) is 12.5. The molecular formula is C16H11NO6.